The van der Waals surface area contributed by atoms with Crippen LogP contribution >= 0.6 is 0 Å². The Morgan fingerprint density at radius 3 is 2.60 bits per heavy atom. The van der Waals surface area contributed by atoms with Crippen molar-refractivity contribution < 1.29 is 14.3 Å². The van der Waals surface area contributed by atoms with Gasteiger partial charge in [0.25, 0.3) is 0 Å². The van der Waals surface area contributed by atoms with E-state index in [4.69, 9.17) is 4.74 Å². The maximum atomic E-state index is 12.6. The smallest absolute Gasteiger partial charge is 0.229 e. The highest BCUT2D eigenvalue weighted by Gasteiger charge is 2.43. The molecule has 0 radical (unpaired) electrons. The van der Waals surface area contributed by atoms with Crippen LogP contribution in [0.1, 0.15) is 13.3 Å². The molecule has 3 saturated heterocycles. The molecule has 20 heavy (non-hydrogen) atoms. The summed E-state index contributed by atoms with van der Waals surface area (Å²) in [5, 5.41) is 0. The zero-order valence-electron chi connectivity index (χ0n) is 12.2. The van der Waals surface area contributed by atoms with Crippen LogP contribution in [0, 0.1) is 5.92 Å². The standard InChI is InChI=1S/C14H23N3O3/c1-10(18)16-7-11(8-16)14(19)17-5-6-20-13-3-4-15(2)9-12(13)17/h11-13H,3-9H2,1-2H3/t12-,13-/m1/s1. The predicted molar refractivity (Wildman–Crippen MR) is 73.1 cm³/mol. The van der Waals surface area contributed by atoms with Crippen molar-refractivity contribution in [3.8, 4) is 0 Å². The minimum atomic E-state index is -0.00937. The van der Waals surface area contributed by atoms with E-state index in [1.165, 1.54) is 0 Å². The largest absolute Gasteiger partial charge is 0.374 e. The Morgan fingerprint density at radius 1 is 1.15 bits per heavy atom. The van der Waals surface area contributed by atoms with E-state index in [1.54, 1.807) is 11.8 Å². The number of fused-ring (bicyclic) bond motifs is 1. The number of piperidine rings is 1. The topological polar surface area (TPSA) is 53.1 Å². The van der Waals surface area contributed by atoms with Gasteiger partial charge in [0.1, 0.15) is 0 Å². The summed E-state index contributed by atoms with van der Waals surface area (Å²) >= 11 is 0. The molecule has 2 amide bonds. The lowest BCUT2D eigenvalue weighted by atomic mass is 9.94. The first-order valence-corrected chi connectivity index (χ1v) is 7.42. The molecule has 0 saturated carbocycles. The molecule has 3 rings (SSSR count). The Kier molecular flexibility index (Phi) is 3.69. The Hall–Kier alpha value is -1.14. The van der Waals surface area contributed by atoms with Crippen molar-refractivity contribution in [2.75, 3.05) is 46.4 Å². The third-order valence-corrected chi connectivity index (χ3v) is 4.75. The Morgan fingerprint density at radius 2 is 1.90 bits per heavy atom. The van der Waals surface area contributed by atoms with Crippen molar-refractivity contribution >= 4 is 11.8 Å². The number of ether oxygens (including phenoxy) is 1. The Balaban J connectivity index is 1.63. The number of likely N-dealkylation sites (N-methyl/N-ethyl adjacent to an activating group) is 1. The van der Waals surface area contributed by atoms with Crippen molar-refractivity contribution in [1.82, 2.24) is 14.7 Å². The van der Waals surface area contributed by atoms with E-state index < -0.39 is 0 Å². The minimum Gasteiger partial charge on any atom is -0.374 e. The van der Waals surface area contributed by atoms with E-state index in [2.05, 4.69) is 11.9 Å². The molecule has 112 valence electrons. The second-order valence-electron chi connectivity index (χ2n) is 6.18. The number of hydrogen-bond donors (Lipinski definition) is 0. The SMILES string of the molecule is CC(=O)N1CC(C(=O)N2CCO[C@@H]3CCN(C)C[C@H]32)C1. The highest BCUT2D eigenvalue weighted by atomic mass is 16.5. The lowest BCUT2D eigenvalue weighted by Crippen LogP contribution is -2.64. The summed E-state index contributed by atoms with van der Waals surface area (Å²) in [4.78, 5) is 29.8. The lowest BCUT2D eigenvalue weighted by Gasteiger charge is -2.49. The second kappa shape index (κ2) is 5.33. The van der Waals surface area contributed by atoms with E-state index in [9.17, 15) is 9.59 Å². The first kappa shape index (κ1) is 13.8. The Bertz CT molecular complexity index is 408. The van der Waals surface area contributed by atoms with Crippen LogP contribution in [0.25, 0.3) is 0 Å². The maximum Gasteiger partial charge on any atom is 0.229 e. The zero-order chi connectivity index (χ0) is 14.3. The fourth-order valence-electron chi connectivity index (χ4n) is 3.43. The normalized spacial score (nSPS) is 31.7. The van der Waals surface area contributed by atoms with Crippen LogP contribution in [-0.4, -0.2) is 85.0 Å². The molecule has 0 aromatic rings. The molecule has 6 nitrogen and oxygen atoms in total. The van der Waals surface area contributed by atoms with Crippen LogP contribution in [0.3, 0.4) is 0 Å². The van der Waals surface area contributed by atoms with Gasteiger partial charge in [-0.05, 0) is 13.5 Å². The number of likely N-dealkylation sites (tertiary alicyclic amines) is 2. The molecule has 0 aromatic heterocycles. The van der Waals surface area contributed by atoms with Gasteiger partial charge in [0.15, 0.2) is 0 Å². The van der Waals surface area contributed by atoms with Gasteiger partial charge in [-0.2, -0.15) is 0 Å². The summed E-state index contributed by atoms with van der Waals surface area (Å²) in [6, 6.07) is 0.182. The number of amides is 2. The summed E-state index contributed by atoms with van der Waals surface area (Å²) in [5.74, 6) is 0.257. The highest BCUT2D eigenvalue weighted by molar-refractivity contribution is 5.84. The second-order valence-corrected chi connectivity index (χ2v) is 6.18. The van der Waals surface area contributed by atoms with Gasteiger partial charge in [-0.15, -0.1) is 0 Å². The molecule has 0 unspecified atom stereocenters. The van der Waals surface area contributed by atoms with Crippen molar-refractivity contribution in [3.63, 3.8) is 0 Å². The van der Waals surface area contributed by atoms with Gasteiger partial charge in [-0.1, -0.05) is 0 Å². The van der Waals surface area contributed by atoms with Gasteiger partial charge in [0.2, 0.25) is 11.8 Å². The van der Waals surface area contributed by atoms with Gasteiger partial charge in [0.05, 0.1) is 24.7 Å². The molecule has 6 heteroatoms. The molecule has 3 fully saturated rings. The molecule has 3 heterocycles. The molecule has 0 aromatic carbocycles. The third kappa shape index (κ3) is 2.42. The average molecular weight is 281 g/mol. The van der Waals surface area contributed by atoms with E-state index in [0.29, 0.717) is 26.2 Å². The van der Waals surface area contributed by atoms with Crippen LogP contribution in [0.2, 0.25) is 0 Å². The summed E-state index contributed by atoms with van der Waals surface area (Å²) in [5.41, 5.74) is 0. The lowest BCUT2D eigenvalue weighted by molar-refractivity contribution is -0.162. The van der Waals surface area contributed by atoms with E-state index in [0.717, 1.165) is 19.5 Å². The Labute approximate surface area is 119 Å². The number of morpholine rings is 1. The third-order valence-electron chi connectivity index (χ3n) is 4.75. The fraction of sp³-hybridized carbons (Fsp3) is 0.857. The zero-order valence-corrected chi connectivity index (χ0v) is 12.2. The van der Waals surface area contributed by atoms with Gasteiger partial charge in [-0.3, -0.25) is 9.59 Å². The molecule has 2 atom stereocenters. The molecule has 3 aliphatic heterocycles. The minimum absolute atomic E-state index is 0.00937. The quantitative estimate of drug-likeness (QED) is 0.644. The van der Waals surface area contributed by atoms with Gasteiger partial charge < -0.3 is 19.4 Å². The number of rotatable bonds is 1. The molecule has 3 aliphatic rings. The first-order valence-electron chi connectivity index (χ1n) is 7.42. The molecular weight excluding hydrogens is 258 g/mol. The van der Waals surface area contributed by atoms with E-state index in [-0.39, 0.29) is 29.9 Å². The number of carbonyl (C=O) groups is 2. The van der Waals surface area contributed by atoms with E-state index >= 15 is 0 Å². The number of hydrogen-bond acceptors (Lipinski definition) is 4. The van der Waals surface area contributed by atoms with Crippen LogP contribution in [0.5, 0.6) is 0 Å². The van der Waals surface area contributed by atoms with Crippen LogP contribution in [0.4, 0.5) is 0 Å². The van der Waals surface area contributed by atoms with Crippen molar-refractivity contribution in [2.24, 2.45) is 5.92 Å². The predicted octanol–water partition coefficient (Wildman–Crippen LogP) is -0.604. The summed E-state index contributed by atoms with van der Waals surface area (Å²) < 4.78 is 5.82. The number of carbonyl (C=O) groups excluding carboxylic acids is 2. The van der Waals surface area contributed by atoms with Crippen LogP contribution < -0.4 is 0 Å². The first-order chi connectivity index (χ1) is 9.56. The van der Waals surface area contributed by atoms with Crippen LogP contribution in [0.15, 0.2) is 0 Å². The molecule has 0 N–H and O–H groups in total. The van der Waals surface area contributed by atoms with Crippen LogP contribution in [-0.2, 0) is 14.3 Å². The van der Waals surface area contributed by atoms with Crippen molar-refractivity contribution in [3.05, 3.63) is 0 Å². The summed E-state index contributed by atoms with van der Waals surface area (Å²) in [7, 11) is 2.09. The maximum absolute atomic E-state index is 12.6. The van der Waals surface area contributed by atoms with Gasteiger partial charge >= 0.3 is 0 Å². The van der Waals surface area contributed by atoms with Gasteiger partial charge in [-0.25, -0.2) is 0 Å². The van der Waals surface area contributed by atoms with Gasteiger partial charge in [0, 0.05) is 39.6 Å². The average Bonchev–Trinajstić information content (AvgIpc) is 2.35. The summed E-state index contributed by atoms with van der Waals surface area (Å²) in [6.07, 6.45) is 1.18. The van der Waals surface area contributed by atoms with E-state index in [1.807, 2.05) is 4.90 Å². The fourth-order valence-corrected chi connectivity index (χ4v) is 3.43. The molecular formula is C14H23N3O3. The monoisotopic (exact) mass is 281 g/mol. The van der Waals surface area contributed by atoms with Crippen molar-refractivity contribution in [2.45, 2.75) is 25.5 Å². The number of nitrogens with zero attached hydrogens (tertiary/aromatic N) is 3. The highest BCUT2D eigenvalue weighted by Crippen LogP contribution is 2.26. The molecule has 0 aliphatic carbocycles. The molecule has 0 bridgehead atoms. The van der Waals surface area contributed by atoms with Crippen molar-refractivity contribution in [1.29, 1.82) is 0 Å². The molecule has 0 spiro atoms. The summed E-state index contributed by atoms with van der Waals surface area (Å²) in [6.45, 7) is 5.97.